The molecule has 0 aliphatic rings. The van der Waals surface area contributed by atoms with Crippen molar-refractivity contribution in [2.45, 2.75) is 33.6 Å². The first kappa shape index (κ1) is 18.2. The zero-order chi connectivity index (χ0) is 15.4. The van der Waals surface area contributed by atoms with Crippen LogP contribution in [0.5, 0.6) is 5.75 Å². The summed E-state index contributed by atoms with van der Waals surface area (Å²) in [4.78, 5) is 11.0. The summed E-state index contributed by atoms with van der Waals surface area (Å²) in [6.07, 6.45) is 2.11. The van der Waals surface area contributed by atoms with Gasteiger partial charge in [-0.05, 0) is 43.6 Å². The molecule has 0 atom stereocenters. The van der Waals surface area contributed by atoms with Crippen molar-refractivity contribution in [3.63, 3.8) is 0 Å². The number of hydrogen-bond donors (Lipinski definition) is 4. The Bertz CT molecular complexity index is 391. The number of aromatic hydroxyl groups is 1. The van der Waals surface area contributed by atoms with Crippen LogP contribution in [0.15, 0.2) is 18.2 Å². The summed E-state index contributed by atoms with van der Waals surface area (Å²) in [5.74, 6) is 0.0748. The van der Waals surface area contributed by atoms with Crippen LogP contribution in [0.4, 0.5) is 10.5 Å². The summed E-state index contributed by atoms with van der Waals surface area (Å²) in [6.45, 7) is 8.57. The Morgan fingerprint density at radius 3 is 2.40 bits per heavy atom. The fourth-order valence-electron chi connectivity index (χ4n) is 1.44. The number of phenolic OH excluding ortho intramolecular Hbond substituents is 1. The minimum absolute atomic E-state index is 0.0748. The van der Waals surface area contributed by atoms with Crippen molar-refractivity contribution in [3.8, 4) is 5.75 Å². The highest BCUT2D eigenvalue weighted by molar-refractivity contribution is 5.90. The lowest BCUT2D eigenvalue weighted by Gasteiger charge is -2.07. The van der Waals surface area contributed by atoms with E-state index in [0.717, 1.165) is 25.1 Å². The van der Waals surface area contributed by atoms with Gasteiger partial charge >= 0.3 is 6.03 Å². The van der Waals surface area contributed by atoms with Crippen LogP contribution >= 0.6 is 0 Å². The smallest absolute Gasteiger partial charge is 0.319 e. The molecule has 0 unspecified atom stereocenters. The average Bonchev–Trinajstić information content (AvgIpc) is 2.47. The first-order chi connectivity index (χ1) is 9.58. The second-order valence-electron chi connectivity index (χ2n) is 4.26. The molecule has 0 spiro atoms. The summed E-state index contributed by atoms with van der Waals surface area (Å²) in [7, 11) is 1.52. The largest absolute Gasteiger partial charge is 0.506 e. The molecule has 1 aromatic carbocycles. The van der Waals surface area contributed by atoms with Gasteiger partial charge in [0.05, 0.1) is 5.69 Å². The highest BCUT2D eigenvalue weighted by atomic mass is 16.3. The molecule has 5 nitrogen and oxygen atoms in total. The molecule has 4 N–H and O–H groups in total. The molecule has 1 rings (SSSR count). The van der Waals surface area contributed by atoms with Crippen LogP contribution in [0.3, 0.4) is 0 Å². The highest BCUT2D eigenvalue weighted by Gasteiger charge is 2.04. The Morgan fingerprint density at radius 2 is 1.95 bits per heavy atom. The first-order valence-electron chi connectivity index (χ1n) is 7.10. The number of amides is 2. The van der Waals surface area contributed by atoms with Crippen LogP contribution in [0.1, 0.15) is 32.8 Å². The van der Waals surface area contributed by atoms with E-state index in [-0.39, 0.29) is 11.8 Å². The molecule has 0 radical (unpaired) electrons. The average molecular weight is 281 g/mol. The number of urea groups is 1. The fraction of sp³-hybridized carbons (Fsp3) is 0.533. The molecule has 0 aliphatic heterocycles. The molecule has 0 bridgehead atoms. The molecule has 5 heteroatoms. The number of rotatable bonds is 5. The molecule has 0 aliphatic carbocycles. The van der Waals surface area contributed by atoms with Gasteiger partial charge in [-0.2, -0.15) is 0 Å². The maximum Gasteiger partial charge on any atom is 0.319 e. The molecule has 20 heavy (non-hydrogen) atoms. The third kappa shape index (κ3) is 7.63. The minimum Gasteiger partial charge on any atom is -0.506 e. The first-order valence-corrected chi connectivity index (χ1v) is 7.10. The lowest BCUT2D eigenvalue weighted by Crippen LogP contribution is -2.24. The van der Waals surface area contributed by atoms with E-state index < -0.39 is 0 Å². The zero-order valence-electron chi connectivity index (χ0n) is 12.9. The van der Waals surface area contributed by atoms with E-state index in [1.165, 1.54) is 13.5 Å². The van der Waals surface area contributed by atoms with Crippen LogP contribution in [0.2, 0.25) is 0 Å². The molecule has 0 saturated heterocycles. The van der Waals surface area contributed by atoms with Crippen LogP contribution < -0.4 is 16.0 Å². The van der Waals surface area contributed by atoms with Gasteiger partial charge < -0.3 is 21.1 Å². The summed E-state index contributed by atoms with van der Waals surface area (Å²) >= 11 is 0. The van der Waals surface area contributed by atoms with Gasteiger partial charge in [0.2, 0.25) is 0 Å². The van der Waals surface area contributed by atoms with Crippen LogP contribution in [0, 0.1) is 0 Å². The number of carbonyl (C=O) groups excluding carboxylic acids is 1. The van der Waals surface area contributed by atoms with Gasteiger partial charge in [-0.15, -0.1) is 0 Å². The maximum absolute atomic E-state index is 11.0. The Kier molecular flexibility index (Phi) is 10.1. The van der Waals surface area contributed by atoms with Gasteiger partial charge in [0.15, 0.2) is 0 Å². The van der Waals surface area contributed by atoms with Crippen molar-refractivity contribution in [2.24, 2.45) is 0 Å². The molecule has 0 aromatic heterocycles. The summed E-state index contributed by atoms with van der Waals surface area (Å²) in [5.41, 5.74) is 1.50. The molecular formula is C15H27N3O2. The van der Waals surface area contributed by atoms with Crippen LogP contribution in [-0.2, 0) is 6.42 Å². The predicted octanol–water partition coefficient (Wildman–Crippen LogP) is 2.71. The lowest BCUT2D eigenvalue weighted by atomic mass is 10.1. The van der Waals surface area contributed by atoms with E-state index in [9.17, 15) is 9.90 Å². The molecule has 0 saturated carbocycles. The lowest BCUT2D eigenvalue weighted by molar-refractivity contribution is 0.254. The topological polar surface area (TPSA) is 73.4 Å². The number of nitrogens with one attached hydrogen (secondary N) is 3. The van der Waals surface area contributed by atoms with Crippen LogP contribution in [-0.4, -0.2) is 31.3 Å². The van der Waals surface area contributed by atoms with Crippen molar-refractivity contribution >= 4 is 11.7 Å². The van der Waals surface area contributed by atoms with Gasteiger partial charge in [0.1, 0.15) is 5.75 Å². The molecule has 0 heterocycles. The van der Waals surface area contributed by atoms with Gasteiger partial charge in [0, 0.05) is 7.05 Å². The number of anilines is 1. The standard InChI is InChI=1S/C10H14N2O2.C5H13N/c1-3-7-4-5-9(13)8(6-7)12-10(14)11-2;1-3-5-6-4-2/h4-6,13H,3H2,1-2H3,(H2,11,12,14);6H,3-5H2,1-2H3. The number of hydrogen-bond acceptors (Lipinski definition) is 3. The third-order valence-electron chi connectivity index (χ3n) is 2.62. The second-order valence-corrected chi connectivity index (χ2v) is 4.26. The fourth-order valence-corrected chi connectivity index (χ4v) is 1.44. The SMILES string of the molecule is CCCNCC.CCc1ccc(O)c(NC(=O)NC)c1. The van der Waals surface area contributed by atoms with E-state index in [4.69, 9.17) is 0 Å². The van der Waals surface area contributed by atoms with Crippen LogP contribution in [0.25, 0.3) is 0 Å². The van der Waals surface area contributed by atoms with E-state index in [0.29, 0.717) is 5.69 Å². The molecular weight excluding hydrogens is 254 g/mol. The summed E-state index contributed by atoms with van der Waals surface area (Å²) in [6, 6.07) is 4.81. The normalized spacial score (nSPS) is 9.40. The van der Waals surface area contributed by atoms with Gasteiger partial charge in [-0.25, -0.2) is 4.79 Å². The summed E-state index contributed by atoms with van der Waals surface area (Å²) < 4.78 is 0. The second kappa shape index (κ2) is 11.1. The van der Waals surface area contributed by atoms with E-state index in [2.05, 4.69) is 29.8 Å². The molecule has 2 amide bonds. The van der Waals surface area contributed by atoms with Crippen molar-refractivity contribution in [1.29, 1.82) is 0 Å². The quantitative estimate of drug-likeness (QED) is 0.495. The number of phenols is 1. The maximum atomic E-state index is 11.0. The van der Waals surface area contributed by atoms with Gasteiger partial charge in [0.25, 0.3) is 0 Å². The van der Waals surface area contributed by atoms with Crippen molar-refractivity contribution in [3.05, 3.63) is 23.8 Å². The highest BCUT2D eigenvalue weighted by Crippen LogP contribution is 2.24. The van der Waals surface area contributed by atoms with Gasteiger partial charge in [-0.3, -0.25) is 0 Å². The van der Waals surface area contributed by atoms with Gasteiger partial charge in [-0.1, -0.05) is 26.8 Å². The Balaban J connectivity index is 0.000000511. The predicted molar refractivity (Wildman–Crippen MR) is 84.4 cm³/mol. The number of aryl methyl sites for hydroxylation is 1. The Hall–Kier alpha value is -1.75. The van der Waals surface area contributed by atoms with E-state index >= 15 is 0 Å². The minimum atomic E-state index is -0.339. The van der Waals surface area contributed by atoms with Crippen molar-refractivity contribution in [1.82, 2.24) is 10.6 Å². The molecule has 1 aromatic rings. The molecule has 114 valence electrons. The Labute approximate surface area is 121 Å². The Morgan fingerprint density at radius 1 is 1.25 bits per heavy atom. The van der Waals surface area contributed by atoms with E-state index in [1.54, 1.807) is 12.1 Å². The summed E-state index contributed by atoms with van der Waals surface area (Å²) in [5, 5.41) is 17.6. The van der Waals surface area contributed by atoms with Crippen molar-refractivity contribution < 1.29 is 9.90 Å². The number of carbonyl (C=O) groups is 1. The molecule has 0 fully saturated rings. The zero-order valence-corrected chi connectivity index (χ0v) is 12.9. The third-order valence-corrected chi connectivity index (χ3v) is 2.62. The number of benzene rings is 1. The monoisotopic (exact) mass is 281 g/mol. The van der Waals surface area contributed by atoms with E-state index in [1.807, 2.05) is 13.0 Å². The van der Waals surface area contributed by atoms with Crippen molar-refractivity contribution in [2.75, 3.05) is 25.5 Å².